The molecule has 1 aliphatic rings. The van der Waals surface area contributed by atoms with E-state index < -0.39 is 20.0 Å². The molecule has 0 aliphatic carbocycles. The summed E-state index contributed by atoms with van der Waals surface area (Å²) in [7, 11) is -5.54. The number of carbonyl (C=O) groups excluding carboxylic acids is 1. The molecule has 1 heterocycles. The lowest BCUT2D eigenvalue weighted by molar-refractivity contribution is 0.0950. The first kappa shape index (κ1) is 24.4. The van der Waals surface area contributed by atoms with Crippen molar-refractivity contribution in [1.29, 1.82) is 0 Å². The monoisotopic (exact) mass is 479 g/mol. The summed E-state index contributed by atoms with van der Waals surface area (Å²) in [6.07, 6.45) is 1.72. The largest absolute Gasteiger partial charge is 0.348 e. The number of hydrogen-bond acceptors (Lipinski definition) is 5. The fourth-order valence-electron chi connectivity index (χ4n) is 3.36. The average molecular weight is 480 g/mol. The lowest BCUT2D eigenvalue weighted by Crippen LogP contribution is -2.33. The number of benzene rings is 2. The van der Waals surface area contributed by atoms with E-state index in [1.165, 1.54) is 52.1 Å². The minimum atomic E-state index is -3.56. The third kappa shape index (κ3) is 5.20. The van der Waals surface area contributed by atoms with Gasteiger partial charge in [-0.1, -0.05) is 12.1 Å². The number of sulfonamides is 2. The molecule has 0 unspecified atom stereocenters. The second-order valence-electron chi connectivity index (χ2n) is 8.08. The van der Waals surface area contributed by atoms with Crippen LogP contribution < -0.4 is 5.32 Å². The summed E-state index contributed by atoms with van der Waals surface area (Å²) < 4.78 is 53.0. The van der Waals surface area contributed by atoms with Crippen LogP contribution in [0.2, 0.25) is 0 Å². The van der Waals surface area contributed by atoms with Gasteiger partial charge in [0.25, 0.3) is 5.91 Å². The molecular formula is C22H29N3O5S2. The summed E-state index contributed by atoms with van der Waals surface area (Å²) in [5, 5.41) is 2.77. The Morgan fingerprint density at radius 3 is 2.00 bits per heavy atom. The van der Waals surface area contributed by atoms with Crippen molar-refractivity contribution in [3.63, 3.8) is 0 Å². The lowest BCUT2D eigenvalue weighted by atomic mass is 10.2. The number of nitrogens with zero attached hydrogens (tertiary/aromatic N) is 2. The summed E-state index contributed by atoms with van der Waals surface area (Å²) in [5.74, 6) is -0.341. The molecule has 8 nitrogen and oxygen atoms in total. The summed E-state index contributed by atoms with van der Waals surface area (Å²) in [4.78, 5) is 12.8. The van der Waals surface area contributed by atoms with Crippen LogP contribution >= 0.6 is 0 Å². The highest BCUT2D eigenvalue weighted by Crippen LogP contribution is 2.21. The van der Waals surface area contributed by atoms with Crippen molar-refractivity contribution >= 4 is 26.0 Å². The summed E-state index contributed by atoms with van der Waals surface area (Å²) in [5.41, 5.74) is 1.10. The van der Waals surface area contributed by atoms with E-state index in [1.54, 1.807) is 26.0 Å². The van der Waals surface area contributed by atoms with Crippen LogP contribution in [0.5, 0.6) is 0 Å². The minimum Gasteiger partial charge on any atom is -0.348 e. The molecule has 0 radical (unpaired) electrons. The van der Waals surface area contributed by atoms with Gasteiger partial charge in [0.15, 0.2) is 0 Å². The summed E-state index contributed by atoms with van der Waals surface area (Å²) in [6, 6.07) is 12.1. The second kappa shape index (κ2) is 9.70. The molecule has 2 aromatic carbocycles. The smallest absolute Gasteiger partial charge is 0.251 e. The van der Waals surface area contributed by atoms with Crippen LogP contribution in [0.1, 0.15) is 42.6 Å². The van der Waals surface area contributed by atoms with Crippen molar-refractivity contribution in [3.8, 4) is 0 Å². The number of hydrogen-bond donors (Lipinski definition) is 1. The molecule has 0 aromatic heterocycles. The van der Waals surface area contributed by atoms with Crippen LogP contribution in [0.15, 0.2) is 58.3 Å². The lowest BCUT2D eigenvalue weighted by Gasteiger charge is -2.21. The van der Waals surface area contributed by atoms with E-state index in [0.29, 0.717) is 18.7 Å². The molecule has 0 spiro atoms. The van der Waals surface area contributed by atoms with E-state index in [9.17, 15) is 21.6 Å². The minimum absolute atomic E-state index is 0.157. The maximum atomic E-state index is 12.6. The Morgan fingerprint density at radius 1 is 0.938 bits per heavy atom. The van der Waals surface area contributed by atoms with Gasteiger partial charge < -0.3 is 5.32 Å². The molecule has 0 atom stereocenters. The molecule has 10 heteroatoms. The van der Waals surface area contributed by atoms with Crippen molar-refractivity contribution in [1.82, 2.24) is 13.9 Å². The van der Waals surface area contributed by atoms with Crippen molar-refractivity contribution in [2.45, 2.75) is 49.1 Å². The Bertz CT molecular complexity index is 1150. The van der Waals surface area contributed by atoms with Gasteiger partial charge in [-0.3, -0.25) is 4.79 Å². The summed E-state index contributed by atoms with van der Waals surface area (Å²) >= 11 is 0. The highest BCUT2D eigenvalue weighted by Gasteiger charge is 2.27. The molecule has 1 amide bonds. The molecule has 32 heavy (non-hydrogen) atoms. The first-order valence-corrected chi connectivity index (χ1v) is 13.4. The van der Waals surface area contributed by atoms with E-state index in [-0.39, 0.29) is 28.3 Å². The zero-order valence-corrected chi connectivity index (χ0v) is 20.1. The van der Waals surface area contributed by atoms with Crippen LogP contribution in [0.4, 0.5) is 0 Å². The van der Waals surface area contributed by atoms with E-state index in [4.69, 9.17) is 0 Å². The van der Waals surface area contributed by atoms with Crippen LogP contribution in [0.3, 0.4) is 0 Å². The third-order valence-corrected chi connectivity index (χ3v) is 9.56. The van der Waals surface area contributed by atoms with Crippen molar-refractivity contribution in [2.75, 3.05) is 20.1 Å². The molecule has 3 rings (SSSR count). The standard InChI is InChI=1S/C22H29N3O5S2/c1-17(2)24(3)31(27,28)20-10-6-18(7-11-20)16-23-22(26)19-8-12-21(13-9-19)32(29,30)25-14-4-5-15-25/h6-13,17H,4-5,14-16H2,1-3H3,(H,23,26). The van der Waals surface area contributed by atoms with Gasteiger partial charge in [0.05, 0.1) is 9.79 Å². The van der Waals surface area contributed by atoms with E-state index in [2.05, 4.69) is 5.32 Å². The summed E-state index contributed by atoms with van der Waals surface area (Å²) in [6.45, 7) is 4.87. The van der Waals surface area contributed by atoms with E-state index in [0.717, 1.165) is 18.4 Å². The van der Waals surface area contributed by atoms with Crippen molar-refractivity contribution in [2.24, 2.45) is 0 Å². The molecule has 174 valence electrons. The molecule has 1 aliphatic heterocycles. The molecular weight excluding hydrogens is 450 g/mol. The van der Waals surface area contributed by atoms with Gasteiger partial charge in [-0.05, 0) is 68.7 Å². The van der Waals surface area contributed by atoms with Gasteiger partial charge in [-0.2, -0.15) is 8.61 Å². The third-order valence-electron chi connectivity index (χ3n) is 5.60. The number of carbonyl (C=O) groups is 1. The van der Waals surface area contributed by atoms with Crippen molar-refractivity contribution in [3.05, 3.63) is 59.7 Å². The number of nitrogens with one attached hydrogen (secondary N) is 1. The maximum absolute atomic E-state index is 12.6. The molecule has 1 N–H and O–H groups in total. The van der Waals surface area contributed by atoms with E-state index in [1.807, 2.05) is 0 Å². The molecule has 1 fully saturated rings. The van der Waals surface area contributed by atoms with E-state index >= 15 is 0 Å². The Labute approximate surface area is 190 Å². The van der Waals surface area contributed by atoms with Crippen LogP contribution in [-0.2, 0) is 26.6 Å². The number of amides is 1. The molecule has 0 saturated carbocycles. The zero-order chi connectivity index (χ0) is 23.5. The predicted molar refractivity (Wildman–Crippen MR) is 122 cm³/mol. The van der Waals surface area contributed by atoms with Gasteiger partial charge in [-0.25, -0.2) is 16.8 Å². The van der Waals surface area contributed by atoms with Gasteiger partial charge >= 0.3 is 0 Å². The topological polar surface area (TPSA) is 104 Å². The highest BCUT2D eigenvalue weighted by atomic mass is 32.2. The number of rotatable bonds is 8. The van der Waals surface area contributed by atoms with Gasteiger partial charge in [0.1, 0.15) is 0 Å². The van der Waals surface area contributed by atoms with Gasteiger partial charge in [0, 0.05) is 38.3 Å². The molecule has 0 bridgehead atoms. The van der Waals surface area contributed by atoms with Gasteiger partial charge in [-0.15, -0.1) is 0 Å². The Morgan fingerprint density at radius 2 is 1.47 bits per heavy atom. The Kier molecular flexibility index (Phi) is 7.39. The second-order valence-corrected chi connectivity index (χ2v) is 12.0. The van der Waals surface area contributed by atoms with Crippen molar-refractivity contribution < 1.29 is 21.6 Å². The first-order chi connectivity index (χ1) is 15.0. The maximum Gasteiger partial charge on any atom is 0.251 e. The Balaban J connectivity index is 1.62. The first-order valence-electron chi connectivity index (χ1n) is 10.5. The molecule has 2 aromatic rings. The van der Waals surface area contributed by atoms with Crippen LogP contribution in [-0.4, -0.2) is 57.5 Å². The highest BCUT2D eigenvalue weighted by molar-refractivity contribution is 7.89. The fraction of sp³-hybridized carbons (Fsp3) is 0.409. The normalized spacial score (nSPS) is 15.4. The quantitative estimate of drug-likeness (QED) is 0.626. The Hall–Kier alpha value is -2.27. The average Bonchev–Trinajstić information content (AvgIpc) is 3.33. The fourth-order valence-corrected chi connectivity index (χ4v) is 6.25. The van der Waals surface area contributed by atoms with Crippen LogP contribution in [0.25, 0.3) is 0 Å². The molecule has 1 saturated heterocycles. The van der Waals surface area contributed by atoms with Crippen LogP contribution in [0, 0.1) is 0 Å². The zero-order valence-electron chi connectivity index (χ0n) is 18.5. The SMILES string of the molecule is CC(C)N(C)S(=O)(=O)c1ccc(CNC(=O)c2ccc(S(=O)(=O)N3CCCC3)cc2)cc1. The van der Waals surface area contributed by atoms with Gasteiger partial charge in [0.2, 0.25) is 20.0 Å². The predicted octanol–water partition coefficient (Wildman–Crippen LogP) is 2.43.